The fourth-order valence-electron chi connectivity index (χ4n) is 1.64. The third-order valence-corrected chi connectivity index (χ3v) is 3.35. The molecular formula is C26H46. The highest BCUT2D eigenvalue weighted by Crippen LogP contribution is 2.03. The molecule has 0 spiro atoms. The lowest BCUT2D eigenvalue weighted by atomic mass is 10.1. The average Bonchev–Trinajstić information content (AvgIpc) is 3.44. The first-order valence-electron chi connectivity index (χ1n) is 10.6. The number of allylic oxidation sites excluding steroid dienone is 10. The Morgan fingerprint density at radius 1 is 0.577 bits per heavy atom. The molecule has 0 aliphatic heterocycles. The molecule has 2 aliphatic rings. The Kier molecular flexibility index (Phi) is 39.0. The fourth-order valence-corrected chi connectivity index (χ4v) is 1.64. The first-order chi connectivity index (χ1) is 12.7. The van der Waals surface area contributed by atoms with E-state index in [2.05, 4.69) is 89.5 Å². The summed E-state index contributed by atoms with van der Waals surface area (Å²) in [6.45, 7) is 15.6. The van der Waals surface area contributed by atoms with Gasteiger partial charge in [-0.2, -0.15) is 0 Å². The molecule has 2 aliphatic carbocycles. The first kappa shape index (κ1) is 29.2. The van der Waals surface area contributed by atoms with Gasteiger partial charge in [-0.25, -0.2) is 0 Å². The van der Waals surface area contributed by atoms with Crippen molar-refractivity contribution in [3.63, 3.8) is 0 Å². The van der Waals surface area contributed by atoms with Crippen molar-refractivity contribution < 1.29 is 0 Å². The smallest absolute Gasteiger partial charge is 0.0163 e. The molecule has 0 saturated heterocycles. The summed E-state index contributed by atoms with van der Waals surface area (Å²) in [6, 6.07) is 0. The lowest BCUT2D eigenvalue weighted by Gasteiger charge is -1.93. The maximum atomic E-state index is 3.48. The summed E-state index contributed by atoms with van der Waals surface area (Å²) in [5.74, 6) is 0. The zero-order valence-corrected chi connectivity index (χ0v) is 18.3. The molecule has 0 aromatic rings. The van der Waals surface area contributed by atoms with Crippen molar-refractivity contribution in [1.82, 2.24) is 0 Å². The van der Waals surface area contributed by atoms with E-state index in [-0.39, 0.29) is 0 Å². The van der Waals surface area contributed by atoms with E-state index in [1.807, 2.05) is 12.2 Å². The van der Waals surface area contributed by atoms with Crippen LogP contribution in [-0.4, -0.2) is 0 Å². The monoisotopic (exact) mass is 358 g/mol. The maximum absolute atomic E-state index is 3.48. The van der Waals surface area contributed by atoms with Crippen LogP contribution >= 0.6 is 0 Å². The molecule has 0 aromatic heterocycles. The van der Waals surface area contributed by atoms with Gasteiger partial charge in [-0.15, -0.1) is 13.2 Å². The molecule has 0 saturated carbocycles. The minimum Gasteiger partial charge on any atom is -0.103 e. The molecule has 0 heteroatoms. The second-order valence-corrected chi connectivity index (χ2v) is 5.99. The SMILES string of the molecule is C1=CCC=C1.C1=CCC=C1.C=CCC.C=CCC.CCCCCCCC. The van der Waals surface area contributed by atoms with Gasteiger partial charge < -0.3 is 0 Å². The van der Waals surface area contributed by atoms with Crippen LogP contribution in [0.2, 0.25) is 0 Å². The maximum Gasteiger partial charge on any atom is -0.0163 e. The van der Waals surface area contributed by atoms with Crippen LogP contribution in [0.4, 0.5) is 0 Å². The highest BCUT2D eigenvalue weighted by molar-refractivity contribution is 5.12. The molecular weight excluding hydrogens is 312 g/mol. The van der Waals surface area contributed by atoms with Crippen LogP contribution in [0.25, 0.3) is 0 Å². The third-order valence-electron chi connectivity index (χ3n) is 3.35. The predicted octanol–water partition coefficient (Wildman–Crippen LogP) is 9.54. The van der Waals surface area contributed by atoms with Crippen LogP contribution in [0, 0.1) is 0 Å². The molecule has 0 radical (unpaired) electrons. The van der Waals surface area contributed by atoms with Crippen molar-refractivity contribution in [1.29, 1.82) is 0 Å². The van der Waals surface area contributed by atoms with Crippen LogP contribution < -0.4 is 0 Å². The second-order valence-electron chi connectivity index (χ2n) is 5.99. The van der Waals surface area contributed by atoms with E-state index < -0.39 is 0 Å². The van der Waals surface area contributed by atoms with Gasteiger partial charge >= 0.3 is 0 Å². The van der Waals surface area contributed by atoms with E-state index in [1.54, 1.807) is 0 Å². The highest BCUT2D eigenvalue weighted by Gasteiger charge is 1.83. The average molecular weight is 359 g/mol. The zero-order chi connectivity index (χ0) is 20.1. The van der Waals surface area contributed by atoms with Gasteiger partial charge in [0.05, 0.1) is 0 Å². The Hall–Kier alpha value is -1.56. The summed E-state index contributed by atoms with van der Waals surface area (Å²) in [6.07, 6.45) is 33.4. The molecule has 0 atom stereocenters. The van der Waals surface area contributed by atoms with E-state index in [0.29, 0.717) is 0 Å². The molecule has 0 amide bonds. The standard InChI is InChI=1S/C8H18.2C5H6.2C4H8/c1-3-5-7-8-6-4-2;2*1-2-4-5-3-1;2*1-3-4-2/h3-8H2,1-2H3;2*1-4H,5H2;2*3H,1,4H2,2H3. The van der Waals surface area contributed by atoms with Crippen molar-refractivity contribution >= 4 is 0 Å². The van der Waals surface area contributed by atoms with Gasteiger partial charge in [-0.3, -0.25) is 0 Å². The number of hydrogen-bond acceptors (Lipinski definition) is 0. The molecule has 0 unspecified atom stereocenters. The molecule has 0 heterocycles. The number of rotatable bonds is 7. The summed E-state index contributed by atoms with van der Waals surface area (Å²) in [5, 5.41) is 0. The largest absolute Gasteiger partial charge is 0.103 e. The highest BCUT2D eigenvalue weighted by atomic mass is 13.9. The topological polar surface area (TPSA) is 0 Å². The summed E-state index contributed by atoms with van der Waals surface area (Å²) in [4.78, 5) is 0. The second kappa shape index (κ2) is 34.7. The van der Waals surface area contributed by atoms with E-state index in [9.17, 15) is 0 Å². The van der Waals surface area contributed by atoms with Gasteiger partial charge in [0, 0.05) is 0 Å². The molecule has 150 valence electrons. The summed E-state index contributed by atoms with van der Waals surface area (Å²) in [5.41, 5.74) is 0. The Morgan fingerprint density at radius 2 is 0.846 bits per heavy atom. The first-order valence-corrected chi connectivity index (χ1v) is 10.6. The van der Waals surface area contributed by atoms with Crippen molar-refractivity contribution in [3.8, 4) is 0 Å². The normalized spacial score (nSPS) is 11.7. The molecule has 0 fully saturated rings. The van der Waals surface area contributed by atoms with Crippen LogP contribution in [0.1, 0.15) is 91.9 Å². The van der Waals surface area contributed by atoms with Gasteiger partial charge in [0.15, 0.2) is 0 Å². The lowest BCUT2D eigenvalue weighted by molar-refractivity contribution is 0.624. The zero-order valence-electron chi connectivity index (χ0n) is 18.3. The van der Waals surface area contributed by atoms with Gasteiger partial charge in [0.1, 0.15) is 0 Å². The molecule has 2 rings (SSSR count). The van der Waals surface area contributed by atoms with Crippen molar-refractivity contribution in [2.45, 2.75) is 91.9 Å². The van der Waals surface area contributed by atoms with Gasteiger partial charge in [0.2, 0.25) is 0 Å². The molecule has 26 heavy (non-hydrogen) atoms. The molecule has 0 N–H and O–H groups in total. The van der Waals surface area contributed by atoms with Crippen molar-refractivity contribution in [3.05, 3.63) is 73.9 Å². The minimum absolute atomic E-state index is 1.08. The van der Waals surface area contributed by atoms with Crippen molar-refractivity contribution in [2.24, 2.45) is 0 Å². The Morgan fingerprint density at radius 3 is 0.962 bits per heavy atom. The third kappa shape index (κ3) is 43.3. The summed E-state index contributed by atoms with van der Waals surface area (Å²) >= 11 is 0. The summed E-state index contributed by atoms with van der Waals surface area (Å²) in [7, 11) is 0. The van der Waals surface area contributed by atoms with E-state index in [4.69, 9.17) is 0 Å². The van der Waals surface area contributed by atoms with Gasteiger partial charge in [-0.1, -0.05) is 127 Å². The van der Waals surface area contributed by atoms with Crippen LogP contribution in [0.5, 0.6) is 0 Å². The lowest BCUT2D eigenvalue weighted by Crippen LogP contribution is -1.73. The van der Waals surface area contributed by atoms with E-state index >= 15 is 0 Å². The van der Waals surface area contributed by atoms with Crippen molar-refractivity contribution in [2.75, 3.05) is 0 Å². The number of hydrogen-bond donors (Lipinski definition) is 0. The quantitative estimate of drug-likeness (QED) is 0.314. The minimum atomic E-state index is 1.08. The van der Waals surface area contributed by atoms with Gasteiger partial charge in [0.25, 0.3) is 0 Å². The molecule has 0 nitrogen and oxygen atoms in total. The number of unbranched alkanes of at least 4 members (excludes halogenated alkanes) is 5. The Labute approximate surface area is 166 Å². The Balaban J connectivity index is -0.000000262. The Bertz CT molecular complexity index is 296. The predicted molar refractivity (Wildman–Crippen MR) is 126 cm³/mol. The molecule has 0 bridgehead atoms. The van der Waals surface area contributed by atoms with Crippen LogP contribution in [0.3, 0.4) is 0 Å². The fraction of sp³-hybridized carbons (Fsp3) is 0.538. The van der Waals surface area contributed by atoms with Crippen LogP contribution in [0.15, 0.2) is 73.9 Å². The summed E-state index contributed by atoms with van der Waals surface area (Å²) < 4.78 is 0. The van der Waals surface area contributed by atoms with Gasteiger partial charge in [-0.05, 0) is 25.7 Å². The molecule has 0 aromatic carbocycles. The van der Waals surface area contributed by atoms with E-state index in [1.165, 1.54) is 38.5 Å². The van der Waals surface area contributed by atoms with E-state index in [0.717, 1.165) is 25.7 Å². The van der Waals surface area contributed by atoms with Crippen LogP contribution in [-0.2, 0) is 0 Å².